The molecule has 1 aliphatic heterocycles. The van der Waals surface area contributed by atoms with E-state index in [0.29, 0.717) is 5.69 Å². The van der Waals surface area contributed by atoms with Crippen LogP contribution in [0.15, 0.2) is 77.7 Å². The molecule has 8 nitrogen and oxygen atoms in total. The predicted molar refractivity (Wildman–Crippen MR) is 165 cm³/mol. The molecule has 0 saturated carbocycles. The summed E-state index contributed by atoms with van der Waals surface area (Å²) < 4.78 is 36.8. The van der Waals surface area contributed by atoms with Crippen molar-refractivity contribution in [1.82, 2.24) is 13.8 Å². The summed E-state index contributed by atoms with van der Waals surface area (Å²) in [7, 11) is -0.303. The number of benzene rings is 3. The molecule has 1 N–H and O–H groups in total. The Hall–Kier alpha value is -3.50. The number of carbonyl (C=O) groups excluding carboxylic acids is 1. The van der Waals surface area contributed by atoms with E-state index in [9.17, 15) is 18.3 Å². The highest BCUT2D eigenvalue weighted by Crippen LogP contribution is 2.38. The van der Waals surface area contributed by atoms with Crippen molar-refractivity contribution in [2.24, 2.45) is 13.0 Å². The predicted octanol–water partition coefficient (Wildman–Crippen LogP) is 4.83. The number of ether oxygens (including phenoxy) is 1. The number of hydrogen-bond acceptors (Lipinski definition) is 5. The number of aryl methyl sites for hydroxylation is 2. The van der Waals surface area contributed by atoms with Gasteiger partial charge in [0.15, 0.2) is 0 Å². The monoisotopic (exact) mass is 589 g/mol. The van der Waals surface area contributed by atoms with Crippen molar-refractivity contribution in [3.8, 4) is 11.1 Å². The van der Waals surface area contributed by atoms with Gasteiger partial charge in [0.2, 0.25) is 10.0 Å². The maximum absolute atomic E-state index is 14.5. The fourth-order valence-corrected chi connectivity index (χ4v) is 6.95. The van der Waals surface area contributed by atoms with Gasteiger partial charge in [-0.15, -0.1) is 0 Å². The molecule has 0 spiro atoms. The van der Waals surface area contributed by atoms with Gasteiger partial charge in [0.25, 0.3) is 5.91 Å². The van der Waals surface area contributed by atoms with E-state index in [1.165, 1.54) is 4.31 Å². The molecule has 1 amide bonds. The summed E-state index contributed by atoms with van der Waals surface area (Å²) in [5.74, 6) is -0.435. The van der Waals surface area contributed by atoms with E-state index in [1.54, 1.807) is 36.2 Å². The van der Waals surface area contributed by atoms with Crippen molar-refractivity contribution >= 4 is 26.8 Å². The van der Waals surface area contributed by atoms with Gasteiger partial charge in [0.1, 0.15) is 5.69 Å². The molecule has 3 aromatic carbocycles. The molecule has 0 fully saturated rings. The Morgan fingerprint density at radius 1 is 1.05 bits per heavy atom. The maximum atomic E-state index is 14.5. The first kappa shape index (κ1) is 30.0. The number of nitrogens with zero attached hydrogens (tertiary/aromatic N) is 3. The molecule has 0 aliphatic carbocycles. The normalized spacial score (nSPS) is 18.9. The summed E-state index contributed by atoms with van der Waals surface area (Å²) in [4.78, 5) is 16.4. The fraction of sp³-hybridized carbons (Fsp3) is 0.364. The van der Waals surface area contributed by atoms with Crippen molar-refractivity contribution in [3.63, 3.8) is 0 Å². The number of aliphatic hydroxyl groups is 1. The number of rotatable bonds is 6. The van der Waals surface area contributed by atoms with Crippen molar-refractivity contribution in [2.75, 3.05) is 26.7 Å². The summed E-state index contributed by atoms with van der Waals surface area (Å²) in [6.45, 7) is 6.12. The highest BCUT2D eigenvalue weighted by Gasteiger charge is 2.34. The lowest BCUT2D eigenvalue weighted by Gasteiger charge is -2.35. The van der Waals surface area contributed by atoms with Gasteiger partial charge in [-0.1, -0.05) is 67.1 Å². The first-order valence-electron chi connectivity index (χ1n) is 14.3. The zero-order valence-electron chi connectivity index (χ0n) is 24.8. The summed E-state index contributed by atoms with van der Waals surface area (Å²) in [5.41, 5.74) is 5.10. The third kappa shape index (κ3) is 5.49. The zero-order valence-corrected chi connectivity index (χ0v) is 25.6. The average molecular weight is 590 g/mol. The summed E-state index contributed by atoms with van der Waals surface area (Å²) in [5, 5.41) is 11.2. The van der Waals surface area contributed by atoms with E-state index in [2.05, 4.69) is 0 Å². The Bertz CT molecular complexity index is 1700. The standard InChI is InChI=1S/C33H39N3O5S/c1-22-14-16-26(17-15-22)42(39,40)34(4)19-30-23(2)18-36(24(3)20-37)33(38)32-31(27-11-7-6-10-25(27)21-41-30)28-12-8-9-13-29(28)35(32)5/h6-17,23-24,30,37H,18-21H2,1-5H3/t23-,24-,30+/m0/s1. The molecule has 3 atom stereocenters. The molecule has 1 aromatic heterocycles. The Morgan fingerprint density at radius 2 is 1.71 bits per heavy atom. The van der Waals surface area contributed by atoms with Crippen LogP contribution in [0.2, 0.25) is 0 Å². The van der Waals surface area contributed by atoms with Gasteiger partial charge < -0.3 is 19.3 Å². The van der Waals surface area contributed by atoms with Crippen LogP contribution in [-0.4, -0.2) is 72.1 Å². The topological polar surface area (TPSA) is 92.1 Å². The molecule has 4 aromatic rings. The Balaban J connectivity index is 1.60. The molecule has 0 radical (unpaired) electrons. The van der Waals surface area contributed by atoms with Crippen LogP contribution in [0.5, 0.6) is 0 Å². The van der Waals surface area contributed by atoms with E-state index in [0.717, 1.165) is 33.2 Å². The average Bonchev–Trinajstić information content (AvgIpc) is 3.28. The number of fused-ring (bicyclic) bond motifs is 5. The van der Waals surface area contributed by atoms with Gasteiger partial charge in [0.05, 0.1) is 30.3 Å². The van der Waals surface area contributed by atoms with Crippen molar-refractivity contribution in [2.45, 2.75) is 44.4 Å². The number of aliphatic hydroxyl groups excluding tert-OH is 1. The molecule has 0 bridgehead atoms. The minimum Gasteiger partial charge on any atom is -0.394 e. The molecular weight excluding hydrogens is 550 g/mol. The number of hydrogen-bond donors (Lipinski definition) is 1. The zero-order chi connectivity index (χ0) is 30.2. The van der Waals surface area contributed by atoms with Crippen molar-refractivity contribution < 1.29 is 23.1 Å². The first-order chi connectivity index (χ1) is 20.0. The second-order valence-corrected chi connectivity index (χ2v) is 13.4. The Labute approximate surface area is 248 Å². The van der Waals surface area contributed by atoms with Crippen LogP contribution in [-0.2, 0) is 28.4 Å². The first-order valence-corrected chi connectivity index (χ1v) is 15.7. The quantitative estimate of drug-likeness (QED) is 0.348. The smallest absolute Gasteiger partial charge is 0.271 e. The molecule has 1 aliphatic rings. The highest BCUT2D eigenvalue weighted by molar-refractivity contribution is 7.89. The number of likely N-dealkylation sites (N-methyl/N-ethyl adjacent to an activating group) is 1. The maximum Gasteiger partial charge on any atom is 0.271 e. The van der Waals surface area contributed by atoms with Crippen LogP contribution < -0.4 is 0 Å². The lowest BCUT2D eigenvalue weighted by Crippen LogP contribution is -2.48. The minimum absolute atomic E-state index is 0.102. The van der Waals surface area contributed by atoms with E-state index < -0.39 is 22.2 Å². The molecular formula is C33H39N3O5S. The summed E-state index contributed by atoms with van der Waals surface area (Å²) in [6.07, 6.45) is -0.526. The second-order valence-electron chi connectivity index (χ2n) is 11.4. The number of aromatic nitrogens is 1. The van der Waals surface area contributed by atoms with Gasteiger partial charge in [-0.3, -0.25) is 4.79 Å². The largest absolute Gasteiger partial charge is 0.394 e. The third-order valence-corrected chi connectivity index (χ3v) is 10.2. The molecule has 5 rings (SSSR count). The molecule has 0 unspecified atom stereocenters. The molecule has 222 valence electrons. The molecule has 9 heteroatoms. The lowest BCUT2D eigenvalue weighted by atomic mass is 9.96. The SMILES string of the molecule is Cc1ccc(S(=O)(=O)N(C)C[C@H]2OCc3ccccc3-c3c(n(C)c4ccccc34)C(=O)N([C@@H](C)CO)C[C@@H]2C)cc1. The summed E-state index contributed by atoms with van der Waals surface area (Å²) >= 11 is 0. The van der Waals surface area contributed by atoms with Gasteiger partial charge in [-0.2, -0.15) is 4.31 Å². The Kier molecular flexibility index (Phi) is 8.57. The van der Waals surface area contributed by atoms with Crippen LogP contribution in [0, 0.1) is 12.8 Å². The Morgan fingerprint density at radius 3 is 2.43 bits per heavy atom. The van der Waals surface area contributed by atoms with Gasteiger partial charge >= 0.3 is 0 Å². The van der Waals surface area contributed by atoms with Gasteiger partial charge in [-0.05, 0) is 43.2 Å². The van der Waals surface area contributed by atoms with Gasteiger partial charge in [0, 0.05) is 49.6 Å². The van der Waals surface area contributed by atoms with Crippen LogP contribution in [0.25, 0.3) is 22.0 Å². The van der Waals surface area contributed by atoms with Crippen LogP contribution in [0.3, 0.4) is 0 Å². The van der Waals surface area contributed by atoms with Crippen LogP contribution >= 0.6 is 0 Å². The number of amides is 1. The summed E-state index contributed by atoms with van der Waals surface area (Å²) in [6, 6.07) is 22.2. The van der Waals surface area contributed by atoms with Crippen LogP contribution in [0.4, 0.5) is 0 Å². The lowest BCUT2D eigenvalue weighted by molar-refractivity contribution is -0.0147. The molecule has 2 heterocycles. The van der Waals surface area contributed by atoms with E-state index in [4.69, 9.17) is 4.74 Å². The van der Waals surface area contributed by atoms with E-state index in [-0.39, 0.29) is 43.0 Å². The highest BCUT2D eigenvalue weighted by atomic mass is 32.2. The molecule has 0 saturated heterocycles. The van der Waals surface area contributed by atoms with Crippen molar-refractivity contribution in [1.29, 1.82) is 0 Å². The fourth-order valence-electron chi connectivity index (χ4n) is 5.77. The van der Waals surface area contributed by atoms with Crippen molar-refractivity contribution in [3.05, 3.63) is 89.6 Å². The van der Waals surface area contributed by atoms with E-state index >= 15 is 0 Å². The second kappa shape index (κ2) is 12.0. The number of carbonyl (C=O) groups is 1. The third-order valence-electron chi connectivity index (χ3n) is 8.39. The number of sulfonamides is 1. The molecule has 42 heavy (non-hydrogen) atoms. The minimum atomic E-state index is -3.76. The van der Waals surface area contributed by atoms with Gasteiger partial charge in [-0.25, -0.2) is 8.42 Å². The number of para-hydroxylation sites is 1. The van der Waals surface area contributed by atoms with Crippen LogP contribution in [0.1, 0.15) is 35.5 Å². The van der Waals surface area contributed by atoms with E-state index in [1.807, 2.05) is 80.9 Å².